The molecular weight excluding hydrogens is 378 g/mol. The zero-order valence-electron chi connectivity index (χ0n) is 19.4. The van der Waals surface area contributed by atoms with Crippen molar-refractivity contribution >= 4 is 5.96 Å². The highest BCUT2D eigenvalue weighted by molar-refractivity contribution is 5.80. The molecule has 0 spiro atoms. The number of unbranched alkanes of at least 4 members (excludes halogenated alkanes) is 3. The van der Waals surface area contributed by atoms with Crippen LogP contribution in [0.1, 0.15) is 65.1 Å². The molecule has 0 aromatic carbocycles. The summed E-state index contributed by atoms with van der Waals surface area (Å²) in [7, 11) is 0. The Kier molecular flexibility index (Phi) is 12.4. The number of ether oxygens (including phenoxy) is 1. The molecule has 2 N–H and O–H groups in total. The van der Waals surface area contributed by atoms with Crippen molar-refractivity contribution in [3.8, 4) is 0 Å². The molecule has 1 atom stereocenters. The molecule has 8 heteroatoms. The maximum atomic E-state index is 5.43. The summed E-state index contributed by atoms with van der Waals surface area (Å²) < 4.78 is 7.54. The van der Waals surface area contributed by atoms with E-state index in [0.29, 0.717) is 6.04 Å². The maximum Gasteiger partial charge on any atom is 0.191 e. The fourth-order valence-electron chi connectivity index (χ4n) is 3.68. The summed E-state index contributed by atoms with van der Waals surface area (Å²) in [6.07, 6.45) is 10.2. The summed E-state index contributed by atoms with van der Waals surface area (Å²) in [5, 5.41) is 15.3. The standard InChI is InChI=1S/C22H43N7O/c1-4-6-7-8-10-20(3)26-22(23-11-9-13-28-15-17-30-18-16-28)24-12-14-29-19-25-27-21(29)5-2/h19-20H,4-18H2,1-3H3,(H2,23,24,26). The smallest absolute Gasteiger partial charge is 0.191 e. The predicted molar refractivity (Wildman–Crippen MR) is 123 cm³/mol. The average molecular weight is 422 g/mol. The average Bonchev–Trinajstić information content (AvgIpc) is 3.22. The van der Waals surface area contributed by atoms with Crippen molar-refractivity contribution in [2.75, 3.05) is 45.9 Å². The van der Waals surface area contributed by atoms with Crippen molar-refractivity contribution < 1.29 is 4.74 Å². The minimum Gasteiger partial charge on any atom is -0.379 e. The lowest BCUT2D eigenvalue weighted by atomic mass is 10.1. The Bertz CT molecular complexity index is 584. The van der Waals surface area contributed by atoms with E-state index in [0.717, 1.165) is 77.1 Å². The Labute approximate surface area is 182 Å². The van der Waals surface area contributed by atoms with Gasteiger partial charge < -0.3 is 19.9 Å². The van der Waals surface area contributed by atoms with E-state index >= 15 is 0 Å². The number of aliphatic imine (C=N–C) groups is 1. The lowest BCUT2D eigenvalue weighted by Gasteiger charge is -2.26. The Morgan fingerprint density at radius 1 is 1.17 bits per heavy atom. The lowest BCUT2D eigenvalue weighted by Crippen LogP contribution is -2.43. The molecule has 1 aliphatic heterocycles. The Hall–Kier alpha value is -1.67. The molecule has 0 bridgehead atoms. The van der Waals surface area contributed by atoms with E-state index in [-0.39, 0.29) is 0 Å². The van der Waals surface area contributed by atoms with E-state index in [2.05, 4.69) is 51.1 Å². The summed E-state index contributed by atoms with van der Waals surface area (Å²) in [5.41, 5.74) is 0. The summed E-state index contributed by atoms with van der Waals surface area (Å²) >= 11 is 0. The molecular formula is C22H43N7O. The van der Waals surface area contributed by atoms with Crippen LogP contribution in [0.4, 0.5) is 0 Å². The van der Waals surface area contributed by atoms with Gasteiger partial charge in [0.05, 0.1) is 13.2 Å². The fourth-order valence-corrected chi connectivity index (χ4v) is 3.68. The quantitative estimate of drug-likeness (QED) is 0.273. The molecule has 0 amide bonds. The molecule has 0 radical (unpaired) electrons. The van der Waals surface area contributed by atoms with Crippen molar-refractivity contribution in [3.05, 3.63) is 12.2 Å². The third kappa shape index (κ3) is 9.89. The molecule has 172 valence electrons. The number of aromatic nitrogens is 3. The zero-order valence-corrected chi connectivity index (χ0v) is 19.4. The highest BCUT2D eigenvalue weighted by Gasteiger charge is 2.10. The number of aryl methyl sites for hydroxylation is 1. The van der Waals surface area contributed by atoms with Crippen LogP contribution in [0.5, 0.6) is 0 Å². The fraction of sp³-hybridized carbons (Fsp3) is 0.864. The van der Waals surface area contributed by atoms with Crippen LogP contribution in [0.2, 0.25) is 0 Å². The first-order valence-corrected chi connectivity index (χ1v) is 11.9. The summed E-state index contributed by atoms with van der Waals surface area (Å²) in [4.78, 5) is 7.32. The van der Waals surface area contributed by atoms with Crippen LogP contribution in [0.25, 0.3) is 0 Å². The van der Waals surface area contributed by atoms with E-state index in [1.807, 2.05) is 6.33 Å². The molecule has 0 saturated carbocycles. The van der Waals surface area contributed by atoms with Crippen molar-refractivity contribution in [3.63, 3.8) is 0 Å². The van der Waals surface area contributed by atoms with E-state index in [4.69, 9.17) is 9.73 Å². The van der Waals surface area contributed by atoms with Crippen molar-refractivity contribution in [2.45, 2.75) is 78.3 Å². The van der Waals surface area contributed by atoms with Gasteiger partial charge in [0.2, 0.25) is 0 Å². The van der Waals surface area contributed by atoms with Crippen LogP contribution in [-0.2, 0) is 17.7 Å². The van der Waals surface area contributed by atoms with Gasteiger partial charge in [0.25, 0.3) is 0 Å². The number of nitrogens with zero attached hydrogens (tertiary/aromatic N) is 5. The van der Waals surface area contributed by atoms with Gasteiger partial charge in [-0.1, -0.05) is 39.5 Å². The SMILES string of the molecule is CCCCCCC(C)NC(=NCCCN1CCOCC1)NCCn1cnnc1CC. The molecule has 1 unspecified atom stereocenters. The van der Waals surface area contributed by atoms with E-state index in [1.165, 1.54) is 32.1 Å². The minimum atomic E-state index is 0.425. The molecule has 1 aromatic rings. The number of morpholine rings is 1. The van der Waals surface area contributed by atoms with Crippen LogP contribution in [0, 0.1) is 0 Å². The molecule has 1 saturated heterocycles. The Morgan fingerprint density at radius 3 is 2.77 bits per heavy atom. The summed E-state index contributed by atoms with van der Waals surface area (Å²) in [5.74, 6) is 1.95. The summed E-state index contributed by atoms with van der Waals surface area (Å²) in [6, 6.07) is 0.425. The second kappa shape index (κ2) is 15.2. The van der Waals surface area contributed by atoms with Crippen LogP contribution in [-0.4, -0.2) is 77.6 Å². The Balaban J connectivity index is 1.78. The number of hydrogen-bond acceptors (Lipinski definition) is 5. The largest absolute Gasteiger partial charge is 0.379 e. The van der Waals surface area contributed by atoms with Gasteiger partial charge in [-0.25, -0.2) is 0 Å². The number of nitrogens with one attached hydrogen (secondary N) is 2. The van der Waals surface area contributed by atoms with E-state index in [1.54, 1.807) is 0 Å². The first-order chi connectivity index (χ1) is 14.7. The molecule has 0 aliphatic carbocycles. The molecule has 8 nitrogen and oxygen atoms in total. The topological polar surface area (TPSA) is 79.6 Å². The van der Waals surface area contributed by atoms with Gasteiger partial charge >= 0.3 is 0 Å². The first-order valence-electron chi connectivity index (χ1n) is 11.9. The highest BCUT2D eigenvalue weighted by atomic mass is 16.5. The normalized spacial score (nSPS) is 16.6. The molecule has 1 aromatic heterocycles. The molecule has 1 fully saturated rings. The van der Waals surface area contributed by atoms with E-state index < -0.39 is 0 Å². The van der Waals surface area contributed by atoms with Gasteiger partial charge in [0, 0.05) is 51.7 Å². The number of rotatable bonds is 14. The second-order valence-corrected chi connectivity index (χ2v) is 8.15. The van der Waals surface area contributed by atoms with Gasteiger partial charge in [-0.05, 0) is 19.8 Å². The number of guanidine groups is 1. The third-order valence-corrected chi connectivity index (χ3v) is 5.54. The maximum absolute atomic E-state index is 5.43. The number of hydrogen-bond donors (Lipinski definition) is 2. The van der Waals surface area contributed by atoms with Crippen molar-refractivity contribution in [2.24, 2.45) is 4.99 Å². The van der Waals surface area contributed by atoms with Crippen LogP contribution in [0.3, 0.4) is 0 Å². The Morgan fingerprint density at radius 2 is 2.00 bits per heavy atom. The van der Waals surface area contributed by atoms with Gasteiger partial charge in [-0.2, -0.15) is 0 Å². The molecule has 2 rings (SSSR count). The molecule has 30 heavy (non-hydrogen) atoms. The second-order valence-electron chi connectivity index (χ2n) is 8.15. The first kappa shape index (κ1) is 24.6. The van der Waals surface area contributed by atoms with Gasteiger partial charge in [0.15, 0.2) is 5.96 Å². The highest BCUT2D eigenvalue weighted by Crippen LogP contribution is 2.05. The van der Waals surface area contributed by atoms with Gasteiger partial charge in [0.1, 0.15) is 12.2 Å². The van der Waals surface area contributed by atoms with Gasteiger partial charge in [-0.3, -0.25) is 9.89 Å². The van der Waals surface area contributed by atoms with Crippen molar-refractivity contribution in [1.29, 1.82) is 0 Å². The van der Waals surface area contributed by atoms with E-state index in [9.17, 15) is 0 Å². The predicted octanol–water partition coefficient (Wildman–Crippen LogP) is 2.46. The van der Waals surface area contributed by atoms with Gasteiger partial charge in [-0.15, -0.1) is 10.2 Å². The van der Waals surface area contributed by atoms with Crippen molar-refractivity contribution in [1.82, 2.24) is 30.3 Å². The minimum absolute atomic E-state index is 0.425. The van der Waals surface area contributed by atoms with Crippen LogP contribution >= 0.6 is 0 Å². The van der Waals surface area contributed by atoms with Crippen LogP contribution < -0.4 is 10.6 Å². The van der Waals surface area contributed by atoms with Crippen LogP contribution in [0.15, 0.2) is 11.3 Å². The molecule has 2 heterocycles. The monoisotopic (exact) mass is 421 g/mol. The summed E-state index contributed by atoms with van der Waals surface area (Å²) in [6.45, 7) is 14.0. The zero-order chi connectivity index (χ0) is 21.4. The lowest BCUT2D eigenvalue weighted by molar-refractivity contribution is 0.0377. The third-order valence-electron chi connectivity index (χ3n) is 5.54. The molecule has 1 aliphatic rings.